The van der Waals surface area contributed by atoms with Gasteiger partial charge in [-0.3, -0.25) is 9.89 Å². The molecule has 3 aromatic rings. The number of aromatic nitrogens is 4. The first-order valence-corrected chi connectivity index (χ1v) is 15.2. The minimum atomic E-state index is -3.59. The number of carbonyl (C=O) groups is 1. The second-order valence-electron chi connectivity index (χ2n) is 11.1. The number of halogens is 1. The molecule has 37 heavy (non-hydrogen) atoms. The number of carbonyl (C=O) groups excluding carboxylic acids is 1. The smallest absolute Gasteiger partial charge is 0.242 e. The first kappa shape index (κ1) is 29.2. The van der Waals surface area contributed by atoms with Crippen molar-refractivity contribution in [1.29, 1.82) is 0 Å². The molecule has 8 nitrogen and oxygen atoms in total. The Bertz CT molecular complexity index is 1320. The third kappa shape index (κ3) is 7.13. The minimum absolute atomic E-state index is 0.0252. The number of aromatic amines is 1. The van der Waals surface area contributed by atoms with Gasteiger partial charge in [0, 0.05) is 16.7 Å². The van der Waals surface area contributed by atoms with Crippen molar-refractivity contribution >= 4 is 38.7 Å². The molecule has 2 aromatic heterocycles. The van der Waals surface area contributed by atoms with Crippen molar-refractivity contribution in [3.8, 4) is 11.4 Å². The summed E-state index contributed by atoms with van der Waals surface area (Å²) in [5.41, 5.74) is 2.35. The summed E-state index contributed by atoms with van der Waals surface area (Å²) >= 11 is 6.55. The normalized spacial score (nSPS) is 13.4. The molecule has 0 aliphatic rings. The average Bonchev–Trinajstić information content (AvgIpc) is 3.35. The van der Waals surface area contributed by atoms with Gasteiger partial charge in [0.2, 0.25) is 5.91 Å². The number of nitrogens with one attached hydrogen (secondary N) is 2. The van der Waals surface area contributed by atoms with E-state index in [0.29, 0.717) is 34.2 Å². The first-order chi connectivity index (χ1) is 17.3. The molecule has 1 atom stereocenters. The zero-order valence-corrected chi connectivity index (χ0v) is 24.3. The number of benzene rings is 1. The summed E-state index contributed by atoms with van der Waals surface area (Å²) in [6.07, 6.45) is 5.89. The molecular weight excluding hydrogens is 510 g/mol. The molecule has 1 amide bonds. The van der Waals surface area contributed by atoms with Crippen LogP contribution in [0.15, 0.2) is 24.3 Å². The lowest BCUT2D eigenvalue weighted by Gasteiger charge is -2.21. The summed E-state index contributed by atoms with van der Waals surface area (Å²) in [6, 6.07) is 7.07. The van der Waals surface area contributed by atoms with E-state index in [9.17, 15) is 13.2 Å². The fourth-order valence-corrected chi connectivity index (χ4v) is 6.98. The second-order valence-corrected chi connectivity index (χ2v) is 13.7. The predicted molar refractivity (Wildman–Crippen MR) is 151 cm³/mol. The summed E-state index contributed by atoms with van der Waals surface area (Å²) in [5, 5.41) is 9.93. The lowest BCUT2D eigenvalue weighted by atomic mass is 9.92. The molecule has 2 heterocycles. The van der Waals surface area contributed by atoms with Gasteiger partial charge in [0.15, 0.2) is 21.3 Å². The van der Waals surface area contributed by atoms with E-state index in [1.807, 2.05) is 6.07 Å². The molecule has 0 aliphatic carbocycles. The Hall–Kier alpha value is -2.39. The molecule has 3 rings (SSSR count). The average molecular weight is 550 g/mol. The van der Waals surface area contributed by atoms with E-state index < -0.39 is 21.0 Å². The molecule has 0 saturated heterocycles. The van der Waals surface area contributed by atoms with Gasteiger partial charge in [-0.15, -0.1) is 5.10 Å². The van der Waals surface area contributed by atoms with E-state index in [0.717, 1.165) is 37.8 Å². The van der Waals surface area contributed by atoms with E-state index in [2.05, 4.69) is 48.2 Å². The lowest BCUT2D eigenvalue weighted by Crippen LogP contribution is -2.40. The number of sulfone groups is 1. The number of fused-ring (bicyclic) bond motifs is 1. The predicted octanol–water partition coefficient (Wildman–Crippen LogP) is 6.41. The Morgan fingerprint density at radius 3 is 2.43 bits per heavy atom. The zero-order valence-electron chi connectivity index (χ0n) is 22.8. The van der Waals surface area contributed by atoms with Gasteiger partial charge < -0.3 is 5.32 Å². The van der Waals surface area contributed by atoms with Crippen LogP contribution in [-0.2, 0) is 20.0 Å². The largest absolute Gasteiger partial charge is 0.325 e. The van der Waals surface area contributed by atoms with E-state index >= 15 is 0 Å². The maximum Gasteiger partial charge on any atom is 0.242 e. The molecular formula is C27H40ClN5O3S. The fourth-order valence-electron chi connectivity index (χ4n) is 4.46. The Labute approximate surface area is 225 Å². The second kappa shape index (κ2) is 12.0. The number of hydrogen-bond acceptors (Lipinski definition) is 5. The van der Waals surface area contributed by atoms with Crippen LogP contribution in [0.2, 0.25) is 5.02 Å². The van der Waals surface area contributed by atoms with Gasteiger partial charge in [0.25, 0.3) is 0 Å². The highest BCUT2D eigenvalue weighted by atomic mass is 35.5. The van der Waals surface area contributed by atoms with Crippen LogP contribution in [0.25, 0.3) is 17.0 Å². The zero-order chi connectivity index (χ0) is 27.4. The van der Waals surface area contributed by atoms with E-state index in [4.69, 9.17) is 11.6 Å². The molecule has 0 saturated carbocycles. The molecule has 0 aliphatic heterocycles. The Balaban J connectivity index is 1.74. The standard InChI is InChI=1S/C27H40ClN5O3S/c1-7-8-9-10-11-12-16-37(35,36)22(18(2)3)26(34)29-20-15-13-14-19(17-20)24-30-25-21(28)23(27(4,5)6)31-33(25)32-24/h13-15,17-18,22,31H,7-12,16H2,1-6H3,(H,29,34). The lowest BCUT2D eigenvalue weighted by molar-refractivity contribution is -0.116. The Kier molecular flexibility index (Phi) is 9.45. The van der Waals surface area contributed by atoms with Crippen LogP contribution >= 0.6 is 11.6 Å². The molecule has 0 radical (unpaired) electrons. The van der Waals surface area contributed by atoms with Crippen LogP contribution < -0.4 is 5.32 Å². The number of amides is 1. The topological polar surface area (TPSA) is 109 Å². The number of unbranched alkanes of at least 4 members (excludes halogenated alkanes) is 5. The van der Waals surface area contributed by atoms with Crippen LogP contribution in [0.4, 0.5) is 5.69 Å². The maximum absolute atomic E-state index is 13.2. The van der Waals surface area contributed by atoms with Crippen LogP contribution in [-0.4, -0.2) is 45.1 Å². The van der Waals surface area contributed by atoms with Crippen LogP contribution in [0.5, 0.6) is 0 Å². The number of hydrogen-bond donors (Lipinski definition) is 2. The maximum atomic E-state index is 13.2. The molecule has 0 fully saturated rings. The Morgan fingerprint density at radius 2 is 1.81 bits per heavy atom. The van der Waals surface area contributed by atoms with Crippen molar-refractivity contribution in [1.82, 2.24) is 19.8 Å². The highest BCUT2D eigenvalue weighted by Crippen LogP contribution is 2.32. The van der Waals surface area contributed by atoms with Crippen LogP contribution in [0.1, 0.15) is 85.8 Å². The third-order valence-corrected chi connectivity index (χ3v) is 9.16. The van der Waals surface area contributed by atoms with E-state index in [-0.39, 0.29) is 17.1 Å². The summed E-state index contributed by atoms with van der Waals surface area (Å²) in [5.74, 6) is -0.387. The molecule has 0 spiro atoms. The fraction of sp³-hybridized carbons (Fsp3) is 0.593. The summed E-state index contributed by atoms with van der Waals surface area (Å²) in [4.78, 5) is 17.7. The van der Waals surface area contributed by atoms with Gasteiger partial charge in [-0.05, 0) is 24.5 Å². The summed E-state index contributed by atoms with van der Waals surface area (Å²) in [6.45, 7) is 11.8. The van der Waals surface area contributed by atoms with Crippen molar-refractivity contribution in [2.75, 3.05) is 11.1 Å². The SMILES string of the molecule is CCCCCCCCS(=O)(=O)C(C(=O)Nc1cccc(-c2nc3c(Cl)c(C(C)(C)C)[nH]n3n2)c1)C(C)C. The first-order valence-electron chi connectivity index (χ1n) is 13.1. The number of rotatable bonds is 12. The highest BCUT2D eigenvalue weighted by Gasteiger charge is 2.35. The molecule has 10 heteroatoms. The molecule has 204 valence electrons. The highest BCUT2D eigenvalue weighted by molar-refractivity contribution is 7.92. The molecule has 1 unspecified atom stereocenters. The van der Waals surface area contributed by atoms with Gasteiger partial charge in [-0.1, -0.05) is 97.4 Å². The summed E-state index contributed by atoms with van der Waals surface area (Å²) < 4.78 is 27.7. The molecule has 2 N–H and O–H groups in total. The molecule has 1 aromatic carbocycles. The van der Waals surface area contributed by atoms with Crippen molar-refractivity contribution in [3.05, 3.63) is 35.0 Å². The minimum Gasteiger partial charge on any atom is -0.325 e. The monoisotopic (exact) mass is 549 g/mol. The van der Waals surface area contributed by atoms with Crippen molar-refractivity contribution < 1.29 is 13.2 Å². The number of anilines is 1. The number of H-pyrrole nitrogens is 1. The van der Waals surface area contributed by atoms with Gasteiger partial charge in [-0.25, -0.2) is 13.4 Å². The van der Waals surface area contributed by atoms with Crippen molar-refractivity contribution in [3.63, 3.8) is 0 Å². The quantitative estimate of drug-likeness (QED) is 0.253. The Morgan fingerprint density at radius 1 is 1.14 bits per heavy atom. The van der Waals surface area contributed by atoms with Gasteiger partial charge in [-0.2, -0.15) is 4.63 Å². The molecule has 0 bridgehead atoms. The number of nitrogens with zero attached hydrogens (tertiary/aromatic N) is 3. The van der Waals surface area contributed by atoms with E-state index in [1.54, 1.807) is 36.7 Å². The van der Waals surface area contributed by atoms with Gasteiger partial charge >= 0.3 is 0 Å². The van der Waals surface area contributed by atoms with Crippen molar-refractivity contribution in [2.45, 2.75) is 90.7 Å². The van der Waals surface area contributed by atoms with E-state index in [1.165, 1.54) is 0 Å². The van der Waals surface area contributed by atoms with Gasteiger partial charge in [0.05, 0.1) is 11.4 Å². The third-order valence-electron chi connectivity index (χ3n) is 6.41. The van der Waals surface area contributed by atoms with Crippen LogP contribution in [0.3, 0.4) is 0 Å². The van der Waals surface area contributed by atoms with Crippen LogP contribution in [0, 0.1) is 5.92 Å². The van der Waals surface area contributed by atoms with Crippen molar-refractivity contribution in [2.24, 2.45) is 5.92 Å². The van der Waals surface area contributed by atoms with Gasteiger partial charge in [0.1, 0.15) is 10.3 Å². The summed E-state index contributed by atoms with van der Waals surface area (Å²) in [7, 11) is -3.59.